The zero-order valence-electron chi connectivity index (χ0n) is 13.9. The zero-order chi connectivity index (χ0) is 18.9. The molecule has 0 saturated heterocycles. The molecular formula is C15H14N8O3. The van der Waals surface area contributed by atoms with Crippen LogP contribution >= 0.6 is 0 Å². The molecule has 0 saturated carbocycles. The normalized spacial score (nSPS) is 11.5. The molecule has 0 bridgehead atoms. The van der Waals surface area contributed by atoms with Crippen molar-refractivity contribution in [2.24, 2.45) is 25.7 Å². The molecule has 2 heterocycles. The van der Waals surface area contributed by atoms with Crippen LogP contribution in [-0.4, -0.2) is 47.2 Å². The van der Waals surface area contributed by atoms with Gasteiger partial charge in [0, 0.05) is 25.7 Å². The van der Waals surface area contributed by atoms with Gasteiger partial charge in [-0.1, -0.05) is 40.6 Å². The summed E-state index contributed by atoms with van der Waals surface area (Å²) in [7, 11) is 3.38. The standard InChI is InChI=1S/C12H7N7O2.C3H7NO/c20-9-6-8(7-4-2-1-3-5-7)13-10(14-9)11(21)15-12-16-18-19-17-12;1-4(2)3-5/h1-6H,(H,13,14,20);3H,1-2H3. The number of nitrogens with zero attached hydrogens (tertiary/aromatic N) is 7. The Labute approximate surface area is 147 Å². The minimum absolute atomic E-state index is 0.187. The van der Waals surface area contributed by atoms with E-state index in [2.05, 4.69) is 35.6 Å². The van der Waals surface area contributed by atoms with Gasteiger partial charge >= 0.3 is 5.91 Å². The number of aromatic amines is 1. The summed E-state index contributed by atoms with van der Waals surface area (Å²) in [5, 5.41) is 13.2. The van der Waals surface area contributed by atoms with Crippen molar-refractivity contribution >= 4 is 18.3 Å². The van der Waals surface area contributed by atoms with Crippen LogP contribution in [0.1, 0.15) is 10.6 Å². The lowest BCUT2D eigenvalue weighted by Gasteiger charge is -2.01. The summed E-state index contributed by atoms with van der Waals surface area (Å²) in [5.74, 6) is -1.17. The molecule has 0 aliphatic carbocycles. The molecule has 2 aromatic rings. The van der Waals surface area contributed by atoms with Gasteiger partial charge in [0.25, 0.3) is 11.5 Å². The van der Waals surface area contributed by atoms with Gasteiger partial charge in [-0.15, -0.1) is 0 Å². The molecule has 3 rings (SSSR count). The molecule has 26 heavy (non-hydrogen) atoms. The van der Waals surface area contributed by atoms with Gasteiger partial charge in [0.2, 0.25) is 12.2 Å². The van der Waals surface area contributed by atoms with Crippen molar-refractivity contribution in [2.45, 2.75) is 0 Å². The van der Waals surface area contributed by atoms with Crippen LogP contribution in [0.5, 0.6) is 0 Å². The van der Waals surface area contributed by atoms with Gasteiger partial charge in [-0.25, -0.2) is 4.98 Å². The minimum Gasteiger partial charge on any atom is -0.351 e. The topological polar surface area (TPSA) is 145 Å². The maximum Gasteiger partial charge on any atom is 0.316 e. The fourth-order valence-electron chi connectivity index (χ4n) is 1.64. The van der Waals surface area contributed by atoms with E-state index in [1.165, 1.54) is 11.0 Å². The number of H-pyrrole nitrogens is 1. The summed E-state index contributed by atoms with van der Waals surface area (Å²) >= 11 is 0. The van der Waals surface area contributed by atoms with Crippen LogP contribution in [0.25, 0.3) is 11.3 Å². The fourth-order valence-corrected chi connectivity index (χ4v) is 1.64. The number of hydrogen-bond acceptors (Lipinski definition) is 6. The first-order valence-corrected chi connectivity index (χ1v) is 7.23. The fraction of sp³-hybridized carbons (Fsp3) is 0.133. The van der Waals surface area contributed by atoms with Crippen molar-refractivity contribution < 1.29 is 9.59 Å². The summed E-state index contributed by atoms with van der Waals surface area (Å²) in [5.41, 5.74) is 0.630. The van der Waals surface area contributed by atoms with Gasteiger partial charge in [-0.3, -0.25) is 14.4 Å². The Morgan fingerprint density at radius 3 is 2.35 bits per heavy atom. The van der Waals surface area contributed by atoms with Gasteiger partial charge in [0.15, 0.2) is 0 Å². The SMILES string of the molecule is CN(C)C=O.O=C(N=C1N=NN=N1)c1nc(-c2ccccc2)cc(=O)[nH]1. The number of nitrogens with one attached hydrogen (secondary N) is 1. The molecule has 2 amide bonds. The molecule has 0 spiro atoms. The van der Waals surface area contributed by atoms with E-state index < -0.39 is 11.5 Å². The summed E-state index contributed by atoms with van der Waals surface area (Å²) in [6.45, 7) is 0. The van der Waals surface area contributed by atoms with E-state index in [1.54, 1.807) is 38.4 Å². The highest BCUT2D eigenvalue weighted by molar-refractivity contribution is 6.01. The third-order valence-electron chi connectivity index (χ3n) is 2.73. The number of carbonyl (C=O) groups excluding carboxylic acids is 2. The minimum atomic E-state index is -0.778. The number of aromatic nitrogens is 2. The molecule has 1 aromatic heterocycles. The van der Waals surface area contributed by atoms with E-state index in [0.29, 0.717) is 11.3 Å². The predicted octanol–water partition coefficient (Wildman–Crippen LogP) is 1.47. The molecule has 0 atom stereocenters. The van der Waals surface area contributed by atoms with Crippen molar-refractivity contribution in [3.05, 3.63) is 52.6 Å². The van der Waals surface area contributed by atoms with E-state index in [0.717, 1.165) is 6.41 Å². The summed E-state index contributed by atoms with van der Waals surface area (Å²) < 4.78 is 0. The van der Waals surface area contributed by atoms with E-state index >= 15 is 0 Å². The molecule has 0 fully saturated rings. The maximum absolute atomic E-state index is 11.9. The van der Waals surface area contributed by atoms with Crippen LogP contribution in [0.15, 0.2) is 66.9 Å². The van der Waals surface area contributed by atoms with Gasteiger partial charge in [-0.2, -0.15) is 4.99 Å². The highest BCUT2D eigenvalue weighted by atomic mass is 16.2. The monoisotopic (exact) mass is 354 g/mol. The number of rotatable bonds is 3. The molecule has 1 N–H and O–H groups in total. The number of carbonyl (C=O) groups is 2. The lowest BCUT2D eigenvalue weighted by atomic mass is 10.1. The quantitative estimate of drug-likeness (QED) is 0.832. The summed E-state index contributed by atoms with van der Waals surface area (Å²) in [6.07, 6.45) is 0.750. The lowest BCUT2D eigenvalue weighted by Crippen LogP contribution is -2.15. The van der Waals surface area contributed by atoms with Crippen LogP contribution in [0, 0.1) is 0 Å². The van der Waals surface area contributed by atoms with Gasteiger partial charge in [-0.05, 0) is 10.4 Å². The predicted molar refractivity (Wildman–Crippen MR) is 91.5 cm³/mol. The number of amides is 2. The van der Waals surface area contributed by atoms with E-state index in [1.807, 2.05) is 6.07 Å². The van der Waals surface area contributed by atoms with Crippen LogP contribution < -0.4 is 5.56 Å². The highest BCUT2D eigenvalue weighted by Gasteiger charge is 2.13. The van der Waals surface area contributed by atoms with Crippen LogP contribution in [0.3, 0.4) is 0 Å². The second-order valence-corrected chi connectivity index (χ2v) is 5.01. The maximum atomic E-state index is 11.9. The van der Waals surface area contributed by atoms with Crippen molar-refractivity contribution in [2.75, 3.05) is 14.1 Å². The molecule has 1 aliphatic heterocycles. The third kappa shape index (κ3) is 5.33. The Bertz CT molecular complexity index is 917. The average Bonchev–Trinajstić information content (AvgIpc) is 3.15. The summed E-state index contributed by atoms with van der Waals surface area (Å²) in [4.78, 5) is 44.4. The first kappa shape index (κ1) is 18.4. The molecule has 1 aromatic carbocycles. The van der Waals surface area contributed by atoms with E-state index in [4.69, 9.17) is 0 Å². The molecule has 11 nitrogen and oxygen atoms in total. The van der Waals surface area contributed by atoms with Gasteiger partial charge in [0.05, 0.1) is 5.69 Å². The Hall–Kier alpha value is -3.89. The van der Waals surface area contributed by atoms with Gasteiger partial charge < -0.3 is 9.88 Å². The highest BCUT2D eigenvalue weighted by Crippen LogP contribution is 2.14. The van der Waals surface area contributed by atoms with Crippen molar-refractivity contribution in [1.29, 1.82) is 0 Å². The molecule has 0 unspecified atom stereocenters. The van der Waals surface area contributed by atoms with E-state index in [9.17, 15) is 14.4 Å². The first-order valence-electron chi connectivity index (χ1n) is 7.23. The molecule has 132 valence electrons. The van der Waals surface area contributed by atoms with E-state index in [-0.39, 0.29) is 11.8 Å². The molecule has 1 aliphatic rings. The van der Waals surface area contributed by atoms with Gasteiger partial charge in [0.1, 0.15) is 0 Å². The van der Waals surface area contributed by atoms with Crippen LogP contribution in [0.4, 0.5) is 0 Å². The zero-order valence-corrected chi connectivity index (χ0v) is 13.9. The van der Waals surface area contributed by atoms with Crippen LogP contribution in [0.2, 0.25) is 0 Å². The molecule has 0 radical (unpaired) electrons. The van der Waals surface area contributed by atoms with Crippen molar-refractivity contribution in [3.8, 4) is 11.3 Å². The van der Waals surface area contributed by atoms with Crippen molar-refractivity contribution in [3.63, 3.8) is 0 Å². The van der Waals surface area contributed by atoms with Crippen LogP contribution in [-0.2, 0) is 4.79 Å². The Kier molecular flexibility index (Phi) is 6.26. The number of benzene rings is 1. The summed E-state index contributed by atoms with van der Waals surface area (Å²) in [6, 6.07) is 10.3. The largest absolute Gasteiger partial charge is 0.351 e. The average molecular weight is 354 g/mol. The number of aliphatic imine (C=N–C) groups is 1. The Morgan fingerprint density at radius 1 is 1.15 bits per heavy atom. The third-order valence-corrected chi connectivity index (χ3v) is 2.73. The lowest BCUT2D eigenvalue weighted by molar-refractivity contribution is -0.115. The second kappa shape index (κ2) is 8.82. The Balaban J connectivity index is 0.000000431. The van der Waals surface area contributed by atoms with Crippen molar-refractivity contribution in [1.82, 2.24) is 14.9 Å². The smallest absolute Gasteiger partial charge is 0.316 e. The second-order valence-electron chi connectivity index (χ2n) is 5.01. The Morgan fingerprint density at radius 2 is 1.77 bits per heavy atom. The molecule has 11 heteroatoms. The number of guanidine groups is 1. The number of hydrogen-bond donors (Lipinski definition) is 1. The first-order chi connectivity index (χ1) is 12.5. The molecular weight excluding hydrogens is 340 g/mol.